The van der Waals surface area contributed by atoms with Crippen LogP contribution in [0, 0.1) is 0 Å². The first-order valence-corrected chi connectivity index (χ1v) is 10.2. The molecule has 0 atom stereocenters. The Kier molecular flexibility index (Phi) is 4.38. The first-order valence-electron chi connectivity index (χ1n) is 6.80. The predicted molar refractivity (Wildman–Crippen MR) is 85.1 cm³/mol. The molecule has 21 heavy (non-hydrogen) atoms. The van der Waals surface area contributed by atoms with Crippen LogP contribution in [-0.2, 0) is 4.43 Å². The van der Waals surface area contributed by atoms with Crippen molar-refractivity contribution in [3.8, 4) is 0 Å². The molecule has 0 saturated heterocycles. The van der Waals surface area contributed by atoms with Gasteiger partial charge in [-0.1, -0.05) is 48.5 Å². The number of hydrogen-bond acceptors (Lipinski definition) is 3. The van der Waals surface area contributed by atoms with Gasteiger partial charge in [0.15, 0.2) is 5.78 Å². The molecule has 3 nitrogen and oxygen atoms in total. The van der Waals surface area contributed by atoms with Crippen LogP contribution in [0.5, 0.6) is 0 Å². The number of carbonyl (C=O) groups is 2. The zero-order chi connectivity index (χ0) is 15.5. The van der Waals surface area contributed by atoms with Crippen LogP contribution in [-0.4, -0.2) is 20.1 Å². The molecule has 2 aromatic carbocycles. The molecule has 0 aliphatic rings. The summed E-state index contributed by atoms with van der Waals surface area (Å²) in [5, 5.41) is 0. The van der Waals surface area contributed by atoms with Gasteiger partial charge in [-0.25, -0.2) is 4.79 Å². The summed E-state index contributed by atoms with van der Waals surface area (Å²) in [5.74, 6) is -0.590. The predicted octanol–water partition coefficient (Wildman–Crippen LogP) is 3.91. The Labute approximate surface area is 125 Å². The molecular weight excluding hydrogens is 280 g/mol. The van der Waals surface area contributed by atoms with Crippen molar-refractivity contribution in [1.29, 1.82) is 0 Å². The molecule has 108 valence electrons. The van der Waals surface area contributed by atoms with Crippen LogP contribution in [0.3, 0.4) is 0 Å². The summed E-state index contributed by atoms with van der Waals surface area (Å²) in [7, 11) is -2.00. The highest BCUT2D eigenvalue weighted by Crippen LogP contribution is 2.17. The topological polar surface area (TPSA) is 43.4 Å². The molecule has 0 saturated carbocycles. The van der Waals surface area contributed by atoms with Crippen molar-refractivity contribution in [2.24, 2.45) is 0 Å². The van der Waals surface area contributed by atoms with Crippen molar-refractivity contribution in [3.05, 3.63) is 71.3 Å². The number of rotatable bonds is 4. The van der Waals surface area contributed by atoms with Crippen molar-refractivity contribution in [2.45, 2.75) is 19.6 Å². The Morgan fingerprint density at radius 1 is 0.810 bits per heavy atom. The third-order valence-corrected chi connectivity index (χ3v) is 3.62. The molecule has 0 unspecified atom stereocenters. The first-order chi connectivity index (χ1) is 9.88. The molecule has 0 aliphatic carbocycles. The fourth-order valence-corrected chi connectivity index (χ4v) is 2.60. The third-order valence-electron chi connectivity index (χ3n) is 2.83. The number of ketones is 1. The SMILES string of the molecule is C[Si](C)(C)OC(=O)c1ccccc1C(=O)c1ccccc1. The van der Waals surface area contributed by atoms with Gasteiger partial charge in [-0.2, -0.15) is 0 Å². The molecular formula is C17H18O3Si. The molecule has 0 N–H and O–H groups in total. The molecule has 0 amide bonds. The maximum absolute atomic E-state index is 12.5. The second kappa shape index (κ2) is 6.05. The van der Waals surface area contributed by atoms with Crippen LogP contribution < -0.4 is 0 Å². The summed E-state index contributed by atoms with van der Waals surface area (Å²) >= 11 is 0. The molecule has 0 spiro atoms. The van der Waals surface area contributed by atoms with E-state index in [9.17, 15) is 9.59 Å². The van der Waals surface area contributed by atoms with Gasteiger partial charge in [-0.15, -0.1) is 0 Å². The number of benzene rings is 2. The lowest BCUT2D eigenvalue weighted by Crippen LogP contribution is -2.30. The Morgan fingerprint density at radius 2 is 1.33 bits per heavy atom. The second-order valence-electron chi connectivity index (χ2n) is 5.74. The van der Waals surface area contributed by atoms with Crippen LogP contribution in [0.25, 0.3) is 0 Å². The van der Waals surface area contributed by atoms with Gasteiger partial charge >= 0.3 is 5.97 Å². The van der Waals surface area contributed by atoms with Crippen molar-refractivity contribution >= 4 is 20.1 Å². The zero-order valence-corrected chi connectivity index (χ0v) is 13.4. The molecule has 0 bridgehead atoms. The lowest BCUT2D eigenvalue weighted by atomic mass is 9.98. The number of hydrogen-bond donors (Lipinski definition) is 0. The van der Waals surface area contributed by atoms with Crippen molar-refractivity contribution in [3.63, 3.8) is 0 Å². The highest BCUT2D eigenvalue weighted by molar-refractivity contribution is 6.71. The molecule has 0 aliphatic heterocycles. The van der Waals surface area contributed by atoms with Gasteiger partial charge in [0.1, 0.15) is 0 Å². The largest absolute Gasteiger partial charge is 0.516 e. The van der Waals surface area contributed by atoms with E-state index in [4.69, 9.17) is 4.43 Å². The van der Waals surface area contributed by atoms with E-state index >= 15 is 0 Å². The summed E-state index contributed by atoms with van der Waals surface area (Å²) in [6, 6.07) is 15.7. The van der Waals surface area contributed by atoms with E-state index in [0.717, 1.165) is 0 Å². The number of carbonyl (C=O) groups excluding carboxylic acids is 2. The van der Waals surface area contributed by atoms with E-state index in [1.54, 1.807) is 48.5 Å². The van der Waals surface area contributed by atoms with Crippen molar-refractivity contribution < 1.29 is 14.0 Å². The van der Waals surface area contributed by atoms with E-state index in [1.807, 2.05) is 25.7 Å². The highest BCUT2D eigenvalue weighted by atomic mass is 28.4. The molecule has 0 radical (unpaired) electrons. The van der Waals surface area contributed by atoms with Gasteiger partial charge < -0.3 is 4.43 Å². The molecule has 0 fully saturated rings. The highest BCUT2D eigenvalue weighted by Gasteiger charge is 2.24. The van der Waals surface area contributed by atoms with E-state index in [1.165, 1.54) is 0 Å². The van der Waals surface area contributed by atoms with Crippen molar-refractivity contribution in [1.82, 2.24) is 0 Å². The van der Waals surface area contributed by atoms with Gasteiger partial charge in [0.2, 0.25) is 8.32 Å². The van der Waals surface area contributed by atoms with Crippen LogP contribution in [0.2, 0.25) is 19.6 Å². The van der Waals surface area contributed by atoms with Gasteiger partial charge in [0, 0.05) is 11.1 Å². The summed E-state index contributed by atoms with van der Waals surface area (Å²) in [6.07, 6.45) is 0. The smallest absolute Gasteiger partial charge is 0.325 e. The summed E-state index contributed by atoms with van der Waals surface area (Å²) in [6.45, 7) is 5.81. The maximum atomic E-state index is 12.5. The van der Waals surface area contributed by atoms with Gasteiger partial charge in [0.05, 0.1) is 5.56 Å². The van der Waals surface area contributed by atoms with Crippen LogP contribution in [0.1, 0.15) is 26.3 Å². The summed E-state index contributed by atoms with van der Waals surface area (Å²) < 4.78 is 5.50. The van der Waals surface area contributed by atoms with E-state index in [-0.39, 0.29) is 5.78 Å². The Balaban J connectivity index is 2.38. The Bertz CT molecular complexity index is 657. The standard InChI is InChI=1S/C17H18O3Si/c1-21(2,3)20-17(19)15-12-8-7-11-14(15)16(18)13-9-5-4-6-10-13/h4-12H,1-3H3. The normalized spacial score (nSPS) is 11.0. The molecule has 0 aromatic heterocycles. The minimum Gasteiger partial charge on any atom is -0.516 e. The van der Waals surface area contributed by atoms with E-state index in [0.29, 0.717) is 16.7 Å². The summed E-state index contributed by atoms with van der Waals surface area (Å²) in [5.41, 5.74) is 1.27. The third kappa shape index (κ3) is 3.89. The average Bonchev–Trinajstić information content (AvgIpc) is 2.45. The molecule has 4 heteroatoms. The lowest BCUT2D eigenvalue weighted by molar-refractivity contribution is 0.0720. The van der Waals surface area contributed by atoms with Gasteiger partial charge in [-0.3, -0.25) is 4.79 Å². The monoisotopic (exact) mass is 298 g/mol. The molecule has 2 aromatic rings. The maximum Gasteiger partial charge on any atom is 0.325 e. The van der Waals surface area contributed by atoms with Crippen LogP contribution in [0.15, 0.2) is 54.6 Å². The first kappa shape index (κ1) is 15.2. The zero-order valence-electron chi connectivity index (χ0n) is 12.4. The fraction of sp³-hybridized carbons (Fsp3) is 0.176. The minimum absolute atomic E-state index is 0.168. The van der Waals surface area contributed by atoms with Gasteiger partial charge in [-0.05, 0) is 25.7 Å². The summed E-state index contributed by atoms with van der Waals surface area (Å²) in [4.78, 5) is 24.8. The van der Waals surface area contributed by atoms with Crippen LogP contribution in [0.4, 0.5) is 0 Å². The van der Waals surface area contributed by atoms with Crippen LogP contribution >= 0.6 is 0 Å². The quantitative estimate of drug-likeness (QED) is 0.635. The minimum atomic E-state index is -2.00. The van der Waals surface area contributed by atoms with Crippen molar-refractivity contribution in [2.75, 3.05) is 0 Å². The molecule has 2 rings (SSSR count). The molecule has 0 heterocycles. The fourth-order valence-electron chi connectivity index (χ4n) is 1.94. The Morgan fingerprint density at radius 3 is 1.90 bits per heavy atom. The second-order valence-corrected chi connectivity index (χ2v) is 10.2. The average molecular weight is 298 g/mol. The van der Waals surface area contributed by atoms with Gasteiger partial charge in [0.25, 0.3) is 0 Å². The lowest BCUT2D eigenvalue weighted by Gasteiger charge is -2.18. The van der Waals surface area contributed by atoms with E-state index in [2.05, 4.69) is 0 Å². The Hall–Kier alpha value is -2.20. The van der Waals surface area contributed by atoms with E-state index < -0.39 is 14.3 Å².